The highest BCUT2D eigenvalue weighted by atomic mass is 16.6. The molecule has 0 aliphatic carbocycles. The second kappa shape index (κ2) is 3.26. The van der Waals surface area contributed by atoms with Crippen LogP contribution in [0.2, 0.25) is 0 Å². The Morgan fingerprint density at radius 2 is 2.50 bits per heavy atom. The number of carbonyl (C=O) groups is 1. The topological polar surface area (TPSA) is 72.6 Å². The van der Waals surface area contributed by atoms with Crippen LogP contribution < -0.4 is 5.73 Å². The molecule has 0 spiro atoms. The molecule has 0 saturated carbocycles. The number of hydrogen-bond donors (Lipinski definition) is 2. The minimum atomic E-state index is -0.856. The van der Waals surface area contributed by atoms with Crippen LogP contribution in [0.1, 0.15) is 6.92 Å². The van der Waals surface area contributed by atoms with Crippen LogP contribution in [0.5, 0.6) is 0 Å². The van der Waals surface area contributed by atoms with Crippen LogP contribution in [0, 0.1) is 0 Å². The van der Waals surface area contributed by atoms with Gasteiger partial charge in [0.25, 0.3) is 0 Å². The highest BCUT2D eigenvalue weighted by Gasteiger charge is 1.96. The fourth-order valence-corrected chi connectivity index (χ4v) is 0.203. The normalized spacial score (nSPS) is 12.8. The second-order valence-electron chi connectivity index (χ2n) is 1.48. The van der Waals surface area contributed by atoms with Gasteiger partial charge in [-0.15, -0.1) is 0 Å². The van der Waals surface area contributed by atoms with Gasteiger partial charge in [0.1, 0.15) is 6.61 Å². The van der Waals surface area contributed by atoms with Gasteiger partial charge in [-0.2, -0.15) is 0 Å². The summed E-state index contributed by atoms with van der Waals surface area (Å²) in [5.41, 5.74) is 4.57. The average Bonchev–Trinajstić information content (AvgIpc) is 1.61. The number of hydrogen-bond acceptors (Lipinski definition) is 3. The van der Waals surface area contributed by atoms with E-state index in [1.54, 1.807) is 0 Å². The number of primary amides is 1. The maximum Gasteiger partial charge on any atom is 0.404 e. The first-order valence-corrected chi connectivity index (χ1v) is 2.23. The largest absolute Gasteiger partial charge is 0.447 e. The van der Waals surface area contributed by atoms with Crippen LogP contribution in [0.3, 0.4) is 0 Å². The molecule has 0 aliphatic heterocycles. The van der Waals surface area contributed by atoms with Gasteiger partial charge in [0, 0.05) is 0 Å². The number of carbonyl (C=O) groups excluding carboxylic acids is 1. The summed E-state index contributed by atoms with van der Waals surface area (Å²) in [4.78, 5) is 9.79. The third-order valence-corrected chi connectivity index (χ3v) is 0.467. The first kappa shape index (κ1) is 7.23. The summed E-state index contributed by atoms with van der Waals surface area (Å²) in [6.45, 7) is 1.47. The van der Waals surface area contributed by atoms with E-state index in [-0.39, 0.29) is 6.61 Å². The molecule has 0 radical (unpaired) electrons. The molecule has 48 valence electrons. The summed E-state index contributed by atoms with van der Waals surface area (Å²) in [6.07, 6.45) is -1.49. The molecule has 4 heteroatoms. The molecule has 0 aromatic heterocycles. The van der Waals surface area contributed by atoms with Crippen LogP contribution in [0.4, 0.5) is 4.79 Å². The Morgan fingerprint density at radius 1 is 2.00 bits per heavy atom. The Kier molecular flexibility index (Phi) is 2.95. The molecule has 1 amide bonds. The van der Waals surface area contributed by atoms with Crippen molar-refractivity contribution in [1.82, 2.24) is 0 Å². The van der Waals surface area contributed by atoms with Crippen molar-refractivity contribution in [3.05, 3.63) is 0 Å². The minimum Gasteiger partial charge on any atom is -0.447 e. The molecule has 0 fully saturated rings. The maximum absolute atomic E-state index is 9.79. The first-order valence-electron chi connectivity index (χ1n) is 2.23. The zero-order valence-electron chi connectivity index (χ0n) is 4.63. The van der Waals surface area contributed by atoms with Crippen LogP contribution in [-0.2, 0) is 4.74 Å². The van der Waals surface area contributed by atoms with Crippen LogP contribution in [-0.4, -0.2) is 23.9 Å². The van der Waals surface area contributed by atoms with Crippen molar-refractivity contribution in [1.29, 1.82) is 0 Å². The third kappa shape index (κ3) is 5.23. The molecular formula is C4H9NO3. The van der Waals surface area contributed by atoms with Crippen molar-refractivity contribution in [2.24, 2.45) is 5.73 Å². The van der Waals surface area contributed by atoms with E-state index in [1.165, 1.54) is 6.92 Å². The summed E-state index contributed by atoms with van der Waals surface area (Å²) in [6, 6.07) is 0. The fraction of sp³-hybridized carbons (Fsp3) is 0.750. The Balaban J connectivity index is 3.05. The molecule has 0 heterocycles. The molecule has 1 unspecified atom stereocenters. The number of aliphatic hydroxyl groups excluding tert-OH is 1. The Morgan fingerprint density at radius 3 is 2.62 bits per heavy atom. The average molecular weight is 119 g/mol. The molecule has 4 nitrogen and oxygen atoms in total. The van der Waals surface area contributed by atoms with Crippen molar-refractivity contribution in [2.45, 2.75) is 13.0 Å². The number of rotatable bonds is 2. The van der Waals surface area contributed by atoms with E-state index in [1.807, 2.05) is 0 Å². The molecule has 0 aliphatic rings. The zero-order valence-corrected chi connectivity index (χ0v) is 4.63. The number of nitrogens with two attached hydrogens (primary N) is 1. The number of amides is 1. The van der Waals surface area contributed by atoms with E-state index in [4.69, 9.17) is 5.11 Å². The van der Waals surface area contributed by atoms with Gasteiger partial charge in [0.05, 0.1) is 6.10 Å². The third-order valence-electron chi connectivity index (χ3n) is 0.467. The molecular weight excluding hydrogens is 110 g/mol. The van der Waals surface area contributed by atoms with E-state index in [0.717, 1.165) is 0 Å². The van der Waals surface area contributed by atoms with Gasteiger partial charge >= 0.3 is 6.09 Å². The standard InChI is InChI=1S/C4H9NO3/c1-3(6)2-8-4(5)7/h3,6H,2H2,1H3,(H2,5,7). The summed E-state index contributed by atoms with van der Waals surface area (Å²) >= 11 is 0. The summed E-state index contributed by atoms with van der Waals surface area (Å²) in [5.74, 6) is 0. The lowest BCUT2D eigenvalue weighted by Gasteiger charge is -2.01. The lowest BCUT2D eigenvalue weighted by Crippen LogP contribution is -2.19. The smallest absolute Gasteiger partial charge is 0.404 e. The predicted octanol–water partition coefficient (Wildman–Crippen LogP) is -0.537. The highest BCUT2D eigenvalue weighted by Crippen LogP contribution is 1.80. The summed E-state index contributed by atoms with van der Waals surface area (Å²) in [7, 11) is 0. The quantitative estimate of drug-likeness (QED) is 0.512. The molecule has 0 aromatic rings. The molecule has 3 N–H and O–H groups in total. The predicted molar refractivity (Wildman–Crippen MR) is 27.2 cm³/mol. The van der Waals surface area contributed by atoms with Crippen LogP contribution in [0.15, 0.2) is 0 Å². The monoisotopic (exact) mass is 119 g/mol. The molecule has 8 heavy (non-hydrogen) atoms. The first-order chi connectivity index (χ1) is 3.63. The number of aliphatic hydroxyl groups is 1. The maximum atomic E-state index is 9.79. The van der Waals surface area contributed by atoms with Gasteiger partial charge in [0.2, 0.25) is 0 Å². The molecule has 0 saturated heterocycles. The molecule has 1 atom stereocenters. The van der Waals surface area contributed by atoms with E-state index in [0.29, 0.717) is 0 Å². The lowest BCUT2D eigenvalue weighted by atomic mass is 10.5. The van der Waals surface area contributed by atoms with Gasteiger partial charge < -0.3 is 15.6 Å². The Labute approximate surface area is 47.2 Å². The van der Waals surface area contributed by atoms with Gasteiger partial charge in [-0.1, -0.05) is 0 Å². The summed E-state index contributed by atoms with van der Waals surface area (Å²) in [5, 5.41) is 8.47. The van der Waals surface area contributed by atoms with Crippen molar-refractivity contribution >= 4 is 6.09 Å². The minimum absolute atomic E-state index is 0.0324. The van der Waals surface area contributed by atoms with Crippen molar-refractivity contribution in [3.8, 4) is 0 Å². The van der Waals surface area contributed by atoms with Crippen LogP contribution in [0.25, 0.3) is 0 Å². The van der Waals surface area contributed by atoms with E-state index in [2.05, 4.69) is 10.5 Å². The van der Waals surface area contributed by atoms with Crippen molar-refractivity contribution in [3.63, 3.8) is 0 Å². The van der Waals surface area contributed by atoms with Gasteiger partial charge in [0.15, 0.2) is 0 Å². The van der Waals surface area contributed by atoms with E-state index in [9.17, 15) is 4.79 Å². The van der Waals surface area contributed by atoms with Crippen molar-refractivity contribution < 1.29 is 14.6 Å². The van der Waals surface area contributed by atoms with E-state index < -0.39 is 12.2 Å². The Bertz CT molecular complexity index is 81.4. The second-order valence-corrected chi connectivity index (χ2v) is 1.48. The zero-order chi connectivity index (χ0) is 6.57. The number of ether oxygens (including phenoxy) is 1. The summed E-state index contributed by atoms with van der Waals surface area (Å²) < 4.78 is 4.19. The van der Waals surface area contributed by atoms with Crippen molar-refractivity contribution in [2.75, 3.05) is 6.61 Å². The fourth-order valence-electron chi connectivity index (χ4n) is 0.203. The van der Waals surface area contributed by atoms with Gasteiger partial charge in [-0.05, 0) is 6.92 Å². The molecule has 0 rings (SSSR count). The van der Waals surface area contributed by atoms with E-state index >= 15 is 0 Å². The lowest BCUT2D eigenvalue weighted by molar-refractivity contribution is 0.0833. The van der Waals surface area contributed by atoms with Gasteiger partial charge in [-0.25, -0.2) is 4.79 Å². The van der Waals surface area contributed by atoms with Gasteiger partial charge in [-0.3, -0.25) is 0 Å². The highest BCUT2D eigenvalue weighted by molar-refractivity contribution is 5.64. The van der Waals surface area contributed by atoms with Crippen LogP contribution >= 0.6 is 0 Å². The SMILES string of the molecule is CC(O)COC(N)=O. The molecule has 0 aromatic carbocycles. The Hall–Kier alpha value is -0.770. The molecule has 0 bridgehead atoms.